The van der Waals surface area contributed by atoms with Gasteiger partial charge in [0.25, 0.3) is 0 Å². The second-order valence-electron chi connectivity index (χ2n) is 4.69. The van der Waals surface area contributed by atoms with Crippen LogP contribution in [0.2, 0.25) is 0 Å². The van der Waals surface area contributed by atoms with Crippen molar-refractivity contribution in [2.45, 2.75) is 32.2 Å². The lowest BCUT2D eigenvalue weighted by Gasteiger charge is -2.26. The lowest BCUT2D eigenvalue weighted by atomic mass is 10.1. The predicted molar refractivity (Wildman–Crippen MR) is 71.0 cm³/mol. The molecule has 1 fully saturated rings. The molecular weight excluding hydrogens is 210 g/mol. The number of ether oxygens (including phenoxy) is 1. The standard InChI is InChI=1S/C15H22NO/c1-2-11-17-15-8-6-7-14(12-15)13-16-9-4-3-5-10-16/h6-8,12H,1-5,9-11,13H2. The van der Waals surface area contributed by atoms with E-state index >= 15 is 0 Å². The van der Waals surface area contributed by atoms with Crippen LogP contribution >= 0.6 is 0 Å². The number of rotatable bonds is 5. The summed E-state index contributed by atoms with van der Waals surface area (Å²) in [7, 11) is 0. The second kappa shape index (κ2) is 6.65. The third kappa shape index (κ3) is 4.04. The van der Waals surface area contributed by atoms with Crippen LogP contribution in [0, 0.1) is 6.92 Å². The third-order valence-corrected chi connectivity index (χ3v) is 3.17. The maximum absolute atomic E-state index is 5.60. The summed E-state index contributed by atoms with van der Waals surface area (Å²) in [6.07, 6.45) is 4.90. The van der Waals surface area contributed by atoms with E-state index in [1.165, 1.54) is 37.9 Å². The van der Waals surface area contributed by atoms with Crippen molar-refractivity contribution in [2.75, 3.05) is 19.7 Å². The van der Waals surface area contributed by atoms with Gasteiger partial charge in [0.05, 0.1) is 6.61 Å². The maximum Gasteiger partial charge on any atom is 0.119 e. The number of hydrogen-bond donors (Lipinski definition) is 0. The van der Waals surface area contributed by atoms with Crippen molar-refractivity contribution in [3.63, 3.8) is 0 Å². The second-order valence-corrected chi connectivity index (χ2v) is 4.69. The maximum atomic E-state index is 5.60. The molecule has 0 aliphatic carbocycles. The molecule has 0 N–H and O–H groups in total. The van der Waals surface area contributed by atoms with E-state index in [0.717, 1.165) is 18.7 Å². The molecule has 0 amide bonds. The van der Waals surface area contributed by atoms with Crippen LogP contribution in [0.4, 0.5) is 0 Å². The fourth-order valence-corrected chi connectivity index (χ4v) is 2.30. The van der Waals surface area contributed by atoms with E-state index in [2.05, 4.69) is 30.0 Å². The van der Waals surface area contributed by atoms with Gasteiger partial charge in [0.15, 0.2) is 0 Å². The van der Waals surface area contributed by atoms with Gasteiger partial charge < -0.3 is 4.74 Å². The molecule has 1 heterocycles. The number of benzene rings is 1. The van der Waals surface area contributed by atoms with Crippen molar-refractivity contribution in [1.82, 2.24) is 4.90 Å². The summed E-state index contributed by atoms with van der Waals surface area (Å²) in [4.78, 5) is 2.53. The van der Waals surface area contributed by atoms with Crippen LogP contribution in [0.1, 0.15) is 31.2 Å². The zero-order chi connectivity index (χ0) is 11.9. The molecule has 0 atom stereocenters. The SMILES string of the molecule is [CH2]CCOc1cccc(CN2CCCCC2)c1. The molecule has 0 spiro atoms. The van der Waals surface area contributed by atoms with Gasteiger partial charge in [0.2, 0.25) is 0 Å². The Morgan fingerprint density at radius 1 is 1.18 bits per heavy atom. The lowest BCUT2D eigenvalue weighted by Crippen LogP contribution is -2.29. The van der Waals surface area contributed by atoms with Crippen molar-refractivity contribution in [2.24, 2.45) is 0 Å². The number of piperidine rings is 1. The first kappa shape index (κ1) is 12.4. The Balaban J connectivity index is 1.90. The average Bonchev–Trinajstić information content (AvgIpc) is 2.38. The highest BCUT2D eigenvalue weighted by Gasteiger charge is 2.10. The molecule has 2 rings (SSSR count). The van der Waals surface area contributed by atoms with Gasteiger partial charge in [0, 0.05) is 6.54 Å². The largest absolute Gasteiger partial charge is 0.494 e. The van der Waals surface area contributed by atoms with Crippen molar-refractivity contribution >= 4 is 0 Å². The van der Waals surface area contributed by atoms with E-state index < -0.39 is 0 Å². The summed E-state index contributed by atoms with van der Waals surface area (Å²) in [5.41, 5.74) is 1.36. The first-order chi connectivity index (χ1) is 8.38. The molecule has 0 bridgehead atoms. The van der Waals surface area contributed by atoms with Crippen molar-refractivity contribution in [1.29, 1.82) is 0 Å². The minimum absolute atomic E-state index is 0.702. The highest BCUT2D eigenvalue weighted by Crippen LogP contribution is 2.17. The monoisotopic (exact) mass is 232 g/mol. The highest BCUT2D eigenvalue weighted by molar-refractivity contribution is 5.28. The van der Waals surface area contributed by atoms with E-state index in [4.69, 9.17) is 4.74 Å². The Labute approximate surface area is 105 Å². The minimum Gasteiger partial charge on any atom is -0.494 e. The van der Waals surface area contributed by atoms with Gasteiger partial charge in [-0.2, -0.15) is 0 Å². The normalized spacial score (nSPS) is 17.0. The summed E-state index contributed by atoms with van der Waals surface area (Å²) in [5.74, 6) is 0.975. The molecule has 1 aliphatic rings. The van der Waals surface area contributed by atoms with E-state index in [-0.39, 0.29) is 0 Å². The van der Waals surface area contributed by atoms with Crippen LogP contribution in [0.3, 0.4) is 0 Å². The van der Waals surface area contributed by atoms with E-state index in [1.54, 1.807) is 0 Å². The van der Waals surface area contributed by atoms with Gasteiger partial charge in [0.1, 0.15) is 5.75 Å². The zero-order valence-electron chi connectivity index (χ0n) is 10.5. The van der Waals surface area contributed by atoms with Crippen LogP contribution < -0.4 is 4.74 Å². The Bertz CT molecular complexity index is 331. The number of likely N-dealkylation sites (tertiary alicyclic amines) is 1. The zero-order valence-corrected chi connectivity index (χ0v) is 10.5. The van der Waals surface area contributed by atoms with E-state index in [1.807, 2.05) is 6.07 Å². The summed E-state index contributed by atoms with van der Waals surface area (Å²) < 4.78 is 5.60. The van der Waals surface area contributed by atoms with Crippen molar-refractivity contribution in [3.05, 3.63) is 36.8 Å². The van der Waals surface area contributed by atoms with E-state index in [9.17, 15) is 0 Å². The van der Waals surface area contributed by atoms with Gasteiger partial charge in [-0.25, -0.2) is 0 Å². The minimum atomic E-state index is 0.702. The van der Waals surface area contributed by atoms with Gasteiger partial charge >= 0.3 is 0 Å². The summed E-state index contributed by atoms with van der Waals surface area (Å²) in [6, 6.07) is 8.45. The van der Waals surface area contributed by atoms with E-state index in [0.29, 0.717) is 6.61 Å². The topological polar surface area (TPSA) is 12.5 Å². The van der Waals surface area contributed by atoms with Crippen LogP contribution in [0.5, 0.6) is 5.75 Å². The molecule has 1 radical (unpaired) electrons. The molecular formula is C15H22NO. The molecule has 1 aliphatic heterocycles. The molecule has 1 aromatic carbocycles. The quantitative estimate of drug-likeness (QED) is 0.772. The highest BCUT2D eigenvalue weighted by atomic mass is 16.5. The fraction of sp³-hybridized carbons (Fsp3) is 0.533. The van der Waals surface area contributed by atoms with Gasteiger partial charge in [-0.05, 0) is 57.0 Å². The summed E-state index contributed by atoms with van der Waals surface area (Å²) in [6.45, 7) is 8.02. The van der Waals surface area contributed by atoms with Crippen molar-refractivity contribution < 1.29 is 4.74 Å². The molecule has 1 saturated heterocycles. The van der Waals surface area contributed by atoms with Crippen LogP contribution in [0.15, 0.2) is 24.3 Å². The van der Waals surface area contributed by atoms with Gasteiger partial charge in [-0.15, -0.1) is 0 Å². The fourth-order valence-electron chi connectivity index (χ4n) is 2.30. The molecule has 17 heavy (non-hydrogen) atoms. The lowest BCUT2D eigenvalue weighted by molar-refractivity contribution is 0.220. The number of nitrogens with zero attached hydrogens (tertiary/aromatic N) is 1. The first-order valence-corrected chi connectivity index (χ1v) is 6.62. The Hall–Kier alpha value is -1.02. The number of hydrogen-bond acceptors (Lipinski definition) is 2. The Morgan fingerprint density at radius 2 is 2.00 bits per heavy atom. The van der Waals surface area contributed by atoms with Crippen LogP contribution in [0.25, 0.3) is 0 Å². The molecule has 0 saturated carbocycles. The van der Waals surface area contributed by atoms with Crippen LogP contribution in [-0.4, -0.2) is 24.6 Å². The van der Waals surface area contributed by atoms with Crippen molar-refractivity contribution in [3.8, 4) is 5.75 Å². The van der Waals surface area contributed by atoms with Gasteiger partial charge in [-0.1, -0.05) is 18.6 Å². The van der Waals surface area contributed by atoms with Gasteiger partial charge in [-0.3, -0.25) is 4.90 Å². The average molecular weight is 232 g/mol. The molecule has 1 aromatic rings. The molecule has 2 nitrogen and oxygen atoms in total. The first-order valence-electron chi connectivity index (χ1n) is 6.62. The molecule has 0 unspecified atom stereocenters. The smallest absolute Gasteiger partial charge is 0.119 e. The molecule has 2 heteroatoms. The third-order valence-electron chi connectivity index (χ3n) is 3.17. The summed E-state index contributed by atoms with van der Waals surface area (Å²) in [5, 5.41) is 0. The molecule has 93 valence electrons. The predicted octanol–water partition coefficient (Wildman–Crippen LogP) is 3.28. The van der Waals surface area contributed by atoms with Crippen LogP contribution in [-0.2, 0) is 6.54 Å². The summed E-state index contributed by atoms with van der Waals surface area (Å²) >= 11 is 0. The molecule has 0 aromatic heterocycles. The Morgan fingerprint density at radius 3 is 2.76 bits per heavy atom. The Kier molecular flexibility index (Phi) is 4.87.